The molecule has 2 N–H and O–H groups in total. The quantitative estimate of drug-likeness (QED) is 0.750. The zero-order valence-electron chi connectivity index (χ0n) is 14.4. The number of halogens is 1. The van der Waals surface area contributed by atoms with Gasteiger partial charge in [-0.25, -0.2) is 4.79 Å². The van der Waals surface area contributed by atoms with E-state index in [2.05, 4.69) is 17.4 Å². The summed E-state index contributed by atoms with van der Waals surface area (Å²) >= 11 is 5.82. The lowest BCUT2D eigenvalue weighted by atomic mass is 9.98. The molecular formula is C20H20ClNO4. The van der Waals surface area contributed by atoms with E-state index >= 15 is 0 Å². The van der Waals surface area contributed by atoms with E-state index in [-0.39, 0.29) is 24.8 Å². The van der Waals surface area contributed by atoms with Crippen LogP contribution >= 0.6 is 11.6 Å². The number of carboxylic acids is 1. The van der Waals surface area contributed by atoms with Crippen LogP contribution in [0.5, 0.6) is 0 Å². The number of alkyl carbamates (subject to hydrolysis) is 1. The molecule has 1 atom stereocenters. The molecule has 0 bridgehead atoms. The topological polar surface area (TPSA) is 75.6 Å². The second-order valence-corrected chi connectivity index (χ2v) is 6.98. The molecule has 1 aliphatic rings. The number of hydrogen-bond acceptors (Lipinski definition) is 3. The number of carbonyl (C=O) groups is 2. The number of aliphatic carboxylic acids is 1. The molecule has 6 heteroatoms. The molecule has 0 aromatic heterocycles. The minimum absolute atomic E-state index is 0.0243. The van der Waals surface area contributed by atoms with E-state index in [4.69, 9.17) is 21.4 Å². The molecule has 1 unspecified atom stereocenters. The van der Waals surface area contributed by atoms with Crippen molar-refractivity contribution in [2.75, 3.05) is 12.5 Å². The first kappa shape index (κ1) is 18.3. The molecule has 0 radical (unpaired) electrons. The Morgan fingerprint density at radius 3 is 2.15 bits per heavy atom. The summed E-state index contributed by atoms with van der Waals surface area (Å²) in [6, 6.07) is 16.1. The van der Waals surface area contributed by atoms with Gasteiger partial charge in [0.05, 0.1) is 12.0 Å². The van der Waals surface area contributed by atoms with Crippen LogP contribution < -0.4 is 5.32 Å². The van der Waals surface area contributed by atoms with Crippen molar-refractivity contribution in [3.05, 3.63) is 59.7 Å². The minimum Gasteiger partial charge on any atom is -0.481 e. The molecule has 0 aliphatic heterocycles. The number of ether oxygens (including phenoxy) is 1. The summed E-state index contributed by atoms with van der Waals surface area (Å²) in [7, 11) is 0. The monoisotopic (exact) mass is 373 g/mol. The van der Waals surface area contributed by atoms with E-state index < -0.39 is 17.6 Å². The van der Waals surface area contributed by atoms with E-state index in [1.165, 1.54) is 0 Å². The molecule has 2 aromatic rings. The number of fused-ring (bicyclic) bond motifs is 3. The van der Waals surface area contributed by atoms with Crippen LogP contribution in [0, 0.1) is 0 Å². The molecule has 0 heterocycles. The standard InChI is InChI=1S/C20H20ClNO4/c1-20(12-21,10-18(23)24)22-19(25)26-11-17-15-8-4-2-6-13(15)14-7-3-5-9-16(14)17/h2-9,17H,10-12H2,1H3,(H,22,25)(H,23,24). The number of nitrogens with one attached hydrogen (secondary N) is 1. The van der Waals surface area contributed by atoms with Crippen LogP contribution in [-0.4, -0.2) is 35.2 Å². The fraction of sp³-hybridized carbons (Fsp3) is 0.300. The normalized spacial score (nSPS) is 14.8. The van der Waals surface area contributed by atoms with Crippen molar-refractivity contribution >= 4 is 23.7 Å². The van der Waals surface area contributed by atoms with Crippen molar-refractivity contribution in [3.63, 3.8) is 0 Å². The van der Waals surface area contributed by atoms with Crippen LogP contribution in [0.25, 0.3) is 11.1 Å². The second kappa shape index (κ2) is 7.38. The lowest BCUT2D eigenvalue weighted by Crippen LogP contribution is -2.49. The Labute approximate surface area is 156 Å². The molecule has 1 amide bonds. The largest absolute Gasteiger partial charge is 0.481 e. The van der Waals surface area contributed by atoms with E-state index in [0.29, 0.717) is 0 Å². The van der Waals surface area contributed by atoms with Gasteiger partial charge in [0.2, 0.25) is 0 Å². The summed E-state index contributed by atoms with van der Waals surface area (Å²) < 4.78 is 5.42. The lowest BCUT2D eigenvalue weighted by molar-refractivity contribution is -0.138. The van der Waals surface area contributed by atoms with Crippen molar-refractivity contribution in [2.24, 2.45) is 0 Å². The van der Waals surface area contributed by atoms with Crippen molar-refractivity contribution in [3.8, 4) is 11.1 Å². The van der Waals surface area contributed by atoms with Crippen LogP contribution in [0.15, 0.2) is 48.5 Å². The van der Waals surface area contributed by atoms with E-state index in [0.717, 1.165) is 22.3 Å². The van der Waals surface area contributed by atoms with Gasteiger partial charge in [-0.2, -0.15) is 0 Å². The van der Waals surface area contributed by atoms with Gasteiger partial charge in [0, 0.05) is 11.8 Å². The number of alkyl halides is 1. The smallest absolute Gasteiger partial charge is 0.407 e. The Morgan fingerprint density at radius 2 is 1.65 bits per heavy atom. The third-order valence-electron chi connectivity index (χ3n) is 4.58. The van der Waals surface area contributed by atoms with E-state index in [1.807, 2.05) is 36.4 Å². The van der Waals surface area contributed by atoms with Gasteiger partial charge in [-0.3, -0.25) is 4.79 Å². The third-order valence-corrected chi connectivity index (χ3v) is 5.17. The molecule has 1 aliphatic carbocycles. The Bertz CT molecular complexity index is 793. The molecule has 0 saturated heterocycles. The summed E-state index contributed by atoms with van der Waals surface area (Å²) in [6.45, 7) is 1.75. The highest BCUT2D eigenvalue weighted by molar-refractivity contribution is 6.19. The molecule has 26 heavy (non-hydrogen) atoms. The Balaban J connectivity index is 1.72. The van der Waals surface area contributed by atoms with Crippen molar-refractivity contribution < 1.29 is 19.4 Å². The fourth-order valence-electron chi connectivity index (χ4n) is 3.34. The maximum atomic E-state index is 12.2. The van der Waals surface area contributed by atoms with Crippen LogP contribution in [0.2, 0.25) is 0 Å². The van der Waals surface area contributed by atoms with Gasteiger partial charge in [0.25, 0.3) is 0 Å². The van der Waals surface area contributed by atoms with Gasteiger partial charge >= 0.3 is 12.1 Å². The molecule has 0 spiro atoms. The van der Waals surface area contributed by atoms with Crippen LogP contribution in [0.3, 0.4) is 0 Å². The van der Waals surface area contributed by atoms with Gasteiger partial charge in [0.15, 0.2) is 0 Å². The summed E-state index contributed by atoms with van der Waals surface area (Å²) in [5, 5.41) is 11.5. The van der Waals surface area contributed by atoms with Crippen molar-refractivity contribution in [1.29, 1.82) is 0 Å². The Morgan fingerprint density at radius 1 is 1.12 bits per heavy atom. The Kier molecular flexibility index (Phi) is 5.18. The average Bonchev–Trinajstić information content (AvgIpc) is 2.93. The number of benzene rings is 2. The SMILES string of the molecule is CC(CCl)(CC(=O)O)NC(=O)OCC1c2ccccc2-c2ccccc21. The lowest BCUT2D eigenvalue weighted by Gasteiger charge is -2.26. The number of rotatable bonds is 6. The molecule has 136 valence electrons. The number of carboxylic acid groups (broad SMARTS) is 1. The molecule has 0 saturated carbocycles. The van der Waals surface area contributed by atoms with Crippen LogP contribution in [-0.2, 0) is 9.53 Å². The summed E-state index contributed by atoms with van der Waals surface area (Å²) in [5.41, 5.74) is 3.47. The van der Waals surface area contributed by atoms with E-state index in [9.17, 15) is 9.59 Å². The second-order valence-electron chi connectivity index (χ2n) is 6.72. The highest BCUT2D eigenvalue weighted by Gasteiger charge is 2.32. The van der Waals surface area contributed by atoms with Crippen molar-refractivity contribution in [2.45, 2.75) is 24.8 Å². The first-order valence-electron chi connectivity index (χ1n) is 8.34. The predicted molar refractivity (Wildman–Crippen MR) is 99.6 cm³/mol. The van der Waals surface area contributed by atoms with Gasteiger partial charge < -0.3 is 15.2 Å². The summed E-state index contributed by atoms with van der Waals surface area (Å²) in [4.78, 5) is 23.1. The maximum Gasteiger partial charge on any atom is 0.407 e. The predicted octanol–water partition coefficient (Wildman–Crippen LogP) is 4.00. The van der Waals surface area contributed by atoms with Gasteiger partial charge in [-0.05, 0) is 29.2 Å². The highest BCUT2D eigenvalue weighted by Crippen LogP contribution is 2.44. The first-order chi connectivity index (χ1) is 12.4. The molecule has 3 rings (SSSR count). The fourth-order valence-corrected chi connectivity index (χ4v) is 3.50. The van der Waals surface area contributed by atoms with E-state index in [1.54, 1.807) is 6.92 Å². The zero-order chi connectivity index (χ0) is 18.7. The summed E-state index contributed by atoms with van der Waals surface area (Å²) in [5.74, 6) is -1.11. The minimum atomic E-state index is -1.06. The van der Waals surface area contributed by atoms with Gasteiger partial charge in [-0.1, -0.05) is 48.5 Å². The van der Waals surface area contributed by atoms with Crippen molar-refractivity contribution in [1.82, 2.24) is 5.32 Å². The molecular weight excluding hydrogens is 354 g/mol. The number of hydrogen-bond donors (Lipinski definition) is 2. The molecule has 5 nitrogen and oxygen atoms in total. The maximum absolute atomic E-state index is 12.2. The number of amides is 1. The molecule has 0 fully saturated rings. The number of carbonyl (C=O) groups excluding carboxylic acids is 1. The Hall–Kier alpha value is -2.53. The molecule has 2 aromatic carbocycles. The van der Waals surface area contributed by atoms with Gasteiger partial charge in [-0.15, -0.1) is 11.6 Å². The van der Waals surface area contributed by atoms with Gasteiger partial charge in [0.1, 0.15) is 6.61 Å². The average molecular weight is 374 g/mol. The highest BCUT2D eigenvalue weighted by atomic mass is 35.5. The first-order valence-corrected chi connectivity index (χ1v) is 8.88. The van der Waals surface area contributed by atoms with Crippen LogP contribution in [0.1, 0.15) is 30.4 Å². The summed E-state index contributed by atoms with van der Waals surface area (Å²) in [6.07, 6.45) is -0.947. The third kappa shape index (κ3) is 3.68. The zero-order valence-corrected chi connectivity index (χ0v) is 15.1. The van der Waals surface area contributed by atoms with Crippen LogP contribution in [0.4, 0.5) is 4.79 Å².